The molecule has 0 amide bonds. The molecule has 2 aliphatic rings. The smallest absolute Gasteiger partial charge is 0.330 e. The minimum Gasteiger partial charge on any atom is -0.352 e. The van der Waals surface area contributed by atoms with Gasteiger partial charge in [-0.3, -0.25) is 14.3 Å². The molecule has 22 heavy (non-hydrogen) atoms. The SMILES string of the molecule is CC[C@H]1O[C@@H](n2ccc(=O)[nH]c2=O)C[C@@H]1OP1(=S)SCCS1. The Morgan fingerprint density at radius 2 is 2.23 bits per heavy atom. The van der Waals surface area contributed by atoms with E-state index < -0.39 is 22.1 Å². The van der Waals surface area contributed by atoms with Crippen molar-refractivity contribution in [1.29, 1.82) is 0 Å². The van der Waals surface area contributed by atoms with Gasteiger partial charge >= 0.3 is 5.69 Å². The lowest BCUT2D eigenvalue weighted by atomic mass is 10.1. The van der Waals surface area contributed by atoms with Crippen LogP contribution in [0.1, 0.15) is 26.0 Å². The first kappa shape index (κ1) is 16.8. The third kappa shape index (κ3) is 3.55. The molecule has 0 bridgehead atoms. The number of nitrogens with one attached hydrogen (secondary N) is 1. The van der Waals surface area contributed by atoms with Crippen molar-refractivity contribution < 1.29 is 9.26 Å². The van der Waals surface area contributed by atoms with Crippen LogP contribution in [0.3, 0.4) is 0 Å². The van der Waals surface area contributed by atoms with Crippen LogP contribution in [-0.4, -0.2) is 33.3 Å². The highest BCUT2D eigenvalue weighted by molar-refractivity contribution is 9.00. The van der Waals surface area contributed by atoms with Crippen molar-refractivity contribution in [3.8, 4) is 0 Å². The first-order chi connectivity index (χ1) is 10.5. The molecule has 0 aliphatic carbocycles. The van der Waals surface area contributed by atoms with E-state index in [9.17, 15) is 9.59 Å². The number of rotatable bonds is 4. The Labute approximate surface area is 140 Å². The lowest BCUT2D eigenvalue weighted by Gasteiger charge is -2.22. The predicted molar refractivity (Wildman–Crippen MR) is 94.2 cm³/mol. The standard InChI is InChI=1S/C12H17N2O4PS3/c1-2-8-9(18-19(20)21-5-6-22-19)7-11(17-8)14-4-3-10(15)13-12(14)16/h3-4,8-9,11H,2,5-7H2,1H3,(H,13,15,16)/t8-,9+,11-/m1/s1. The quantitative estimate of drug-likeness (QED) is 0.804. The fraction of sp³-hybridized carbons (Fsp3) is 0.667. The van der Waals surface area contributed by atoms with Crippen LogP contribution in [0.15, 0.2) is 21.9 Å². The van der Waals surface area contributed by atoms with Crippen molar-refractivity contribution >= 4 is 39.2 Å². The number of ether oxygens (including phenoxy) is 1. The highest BCUT2D eigenvalue weighted by atomic mass is 33.2. The minimum absolute atomic E-state index is 0.0783. The number of hydrogen-bond donors (Lipinski definition) is 1. The fourth-order valence-electron chi connectivity index (χ4n) is 2.56. The molecule has 1 aromatic rings. The van der Waals surface area contributed by atoms with Crippen LogP contribution < -0.4 is 11.2 Å². The van der Waals surface area contributed by atoms with Crippen LogP contribution in [0.2, 0.25) is 0 Å². The summed E-state index contributed by atoms with van der Waals surface area (Å²) in [5.41, 5.74) is -0.867. The molecule has 0 radical (unpaired) electrons. The Balaban J connectivity index is 1.78. The Bertz CT molecular complexity index is 696. The molecule has 122 valence electrons. The second kappa shape index (κ2) is 6.83. The molecule has 2 saturated heterocycles. The molecular formula is C12H17N2O4PS3. The van der Waals surface area contributed by atoms with Gasteiger partial charge < -0.3 is 9.26 Å². The van der Waals surface area contributed by atoms with Crippen LogP contribution >= 0.6 is 27.4 Å². The molecule has 1 aromatic heterocycles. The first-order valence-electron chi connectivity index (χ1n) is 7.05. The normalized spacial score (nSPS) is 30.7. The zero-order valence-electron chi connectivity index (χ0n) is 12.0. The number of H-pyrrole nitrogens is 1. The average Bonchev–Trinajstić information content (AvgIpc) is 3.06. The lowest BCUT2D eigenvalue weighted by Crippen LogP contribution is -2.31. The zero-order valence-corrected chi connectivity index (χ0v) is 15.3. The zero-order chi connectivity index (χ0) is 15.7. The Morgan fingerprint density at radius 3 is 2.86 bits per heavy atom. The van der Waals surface area contributed by atoms with Crippen LogP contribution in [0.4, 0.5) is 0 Å². The topological polar surface area (TPSA) is 73.3 Å². The fourth-order valence-corrected chi connectivity index (χ4v) is 12.0. The molecule has 3 atom stereocenters. The molecular weight excluding hydrogens is 363 g/mol. The second-order valence-corrected chi connectivity index (χ2v) is 15.7. The summed E-state index contributed by atoms with van der Waals surface area (Å²) in [7, 11) is 0. The second-order valence-electron chi connectivity index (χ2n) is 5.05. The molecule has 0 unspecified atom stereocenters. The Hall–Kier alpha value is -0.0500. The Kier molecular flexibility index (Phi) is 5.21. The van der Waals surface area contributed by atoms with Crippen LogP contribution in [0, 0.1) is 0 Å². The molecule has 2 aliphatic heterocycles. The van der Waals surface area contributed by atoms with E-state index in [0.29, 0.717) is 6.42 Å². The molecule has 3 heterocycles. The van der Waals surface area contributed by atoms with Gasteiger partial charge in [-0.1, -0.05) is 29.7 Å². The molecule has 0 spiro atoms. The van der Waals surface area contributed by atoms with Gasteiger partial charge in [-0.05, 0) is 18.2 Å². The summed E-state index contributed by atoms with van der Waals surface area (Å²) in [6.45, 7) is 2.03. The van der Waals surface area contributed by atoms with E-state index in [-0.39, 0.29) is 12.2 Å². The van der Waals surface area contributed by atoms with Crippen molar-refractivity contribution in [1.82, 2.24) is 9.55 Å². The number of nitrogens with zero attached hydrogens (tertiary/aromatic N) is 1. The third-order valence-corrected chi connectivity index (χ3v) is 13.3. The van der Waals surface area contributed by atoms with E-state index >= 15 is 0 Å². The van der Waals surface area contributed by atoms with Crippen LogP contribution in [0.5, 0.6) is 0 Å². The van der Waals surface area contributed by atoms with Gasteiger partial charge in [0.25, 0.3) is 5.56 Å². The first-order valence-corrected chi connectivity index (χ1v) is 13.0. The van der Waals surface area contributed by atoms with Gasteiger partial charge in [0, 0.05) is 30.2 Å². The Morgan fingerprint density at radius 1 is 1.50 bits per heavy atom. The largest absolute Gasteiger partial charge is 0.352 e. The summed E-state index contributed by atoms with van der Waals surface area (Å²) in [6, 6.07) is 1.32. The average molecular weight is 380 g/mol. The van der Waals surface area contributed by atoms with Crippen molar-refractivity contribution in [3.05, 3.63) is 33.1 Å². The van der Waals surface area contributed by atoms with Crippen LogP contribution in [-0.2, 0) is 21.1 Å². The van der Waals surface area contributed by atoms with Gasteiger partial charge in [-0.2, -0.15) is 0 Å². The molecule has 1 N–H and O–H groups in total. The maximum atomic E-state index is 11.9. The summed E-state index contributed by atoms with van der Waals surface area (Å²) >= 11 is 9.13. The van der Waals surface area contributed by atoms with E-state index in [2.05, 4.69) is 4.98 Å². The van der Waals surface area contributed by atoms with E-state index in [4.69, 9.17) is 21.1 Å². The number of aromatic amines is 1. The molecule has 10 heteroatoms. The number of hydrogen-bond acceptors (Lipinski definition) is 7. The van der Waals surface area contributed by atoms with Crippen molar-refractivity contribution in [2.24, 2.45) is 0 Å². The van der Waals surface area contributed by atoms with Gasteiger partial charge in [0.05, 0.1) is 12.2 Å². The highest BCUT2D eigenvalue weighted by Crippen LogP contribution is 2.75. The van der Waals surface area contributed by atoms with Crippen molar-refractivity contribution in [2.45, 2.75) is 38.2 Å². The molecule has 0 aromatic carbocycles. The predicted octanol–water partition coefficient (Wildman–Crippen LogP) is 2.32. The van der Waals surface area contributed by atoms with E-state index in [0.717, 1.165) is 17.9 Å². The van der Waals surface area contributed by atoms with Gasteiger partial charge in [0.15, 0.2) is 4.67 Å². The maximum Gasteiger partial charge on any atom is 0.330 e. The van der Waals surface area contributed by atoms with Gasteiger partial charge in [0.2, 0.25) is 0 Å². The molecule has 3 rings (SSSR count). The number of aromatic nitrogens is 2. The summed E-state index contributed by atoms with van der Waals surface area (Å²) in [5.74, 6) is 2.07. The maximum absolute atomic E-state index is 11.9. The highest BCUT2D eigenvalue weighted by Gasteiger charge is 2.40. The minimum atomic E-state index is -1.87. The van der Waals surface area contributed by atoms with E-state index in [1.54, 1.807) is 22.8 Å². The summed E-state index contributed by atoms with van der Waals surface area (Å²) in [4.78, 5) is 25.3. The summed E-state index contributed by atoms with van der Waals surface area (Å²) in [5, 5.41) is 0. The molecule has 2 fully saturated rings. The van der Waals surface area contributed by atoms with E-state index in [1.165, 1.54) is 16.8 Å². The van der Waals surface area contributed by atoms with Crippen molar-refractivity contribution in [2.75, 3.05) is 11.5 Å². The molecule has 6 nitrogen and oxygen atoms in total. The van der Waals surface area contributed by atoms with Crippen molar-refractivity contribution in [3.63, 3.8) is 0 Å². The monoisotopic (exact) mass is 380 g/mol. The third-order valence-electron chi connectivity index (χ3n) is 3.59. The lowest BCUT2D eigenvalue weighted by molar-refractivity contribution is -0.0163. The summed E-state index contributed by atoms with van der Waals surface area (Å²) < 4.78 is 11.7. The van der Waals surface area contributed by atoms with Crippen LogP contribution in [0.25, 0.3) is 0 Å². The van der Waals surface area contributed by atoms with Gasteiger partial charge in [-0.15, -0.1) is 0 Å². The van der Waals surface area contributed by atoms with Gasteiger partial charge in [-0.25, -0.2) is 4.79 Å². The van der Waals surface area contributed by atoms with Gasteiger partial charge in [0.1, 0.15) is 6.23 Å². The summed E-state index contributed by atoms with van der Waals surface area (Å²) in [6.07, 6.45) is 2.24. The molecule has 0 saturated carbocycles. The van der Waals surface area contributed by atoms with E-state index in [1.807, 2.05) is 6.92 Å².